The molecule has 2 heterocycles. The van der Waals surface area contributed by atoms with Gasteiger partial charge in [0.05, 0.1) is 0 Å². The third-order valence-corrected chi connectivity index (χ3v) is 5.48. The average molecular weight is 499 g/mol. The number of nitrogens with zero attached hydrogens (tertiary/aromatic N) is 4. The number of hydrogen-bond acceptors (Lipinski definition) is 5. The van der Waals surface area contributed by atoms with Crippen LogP contribution in [0.1, 0.15) is 16.1 Å². The Labute approximate surface area is 184 Å². The van der Waals surface area contributed by atoms with E-state index in [0.29, 0.717) is 32.1 Å². The molecule has 1 aliphatic heterocycles. The van der Waals surface area contributed by atoms with Crippen LogP contribution in [0.2, 0.25) is 0 Å². The fourth-order valence-corrected chi connectivity index (χ4v) is 3.88. The number of aromatic nitrogens is 2. The van der Waals surface area contributed by atoms with Crippen LogP contribution in [0.4, 0.5) is 17.5 Å². The molecule has 1 amide bonds. The van der Waals surface area contributed by atoms with Crippen molar-refractivity contribution in [2.24, 2.45) is 0 Å². The summed E-state index contributed by atoms with van der Waals surface area (Å²) in [4.78, 5) is 26.1. The lowest BCUT2D eigenvalue weighted by atomic mass is 10.2. The number of rotatable bonds is 4. The van der Waals surface area contributed by atoms with Gasteiger partial charge in [0.2, 0.25) is 5.95 Å². The molecule has 0 radical (unpaired) electrons. The number of benzene rings is 2. The predicted octanol–water partition coefficient (Wildman–Crippen LogP) is 4.10. The second-order valence-corrected chi connectivity index (χ2v) is 8.22. The van der Waals surface area contributed by atoms with Crippen molar-refractivity contribution in [1.82, 2.24) is 14.9 Å². The fraction of sp³-hybridized carbons (Fsp3) is 0.227. The van der Waals surface area contributed by atoms with E-state index in [1.54, 1.807) is 0 Å². The zero-order valence-corrected chi connectivity index (χ0v) is 18.3. The summed E-state index contributed by atoms with van der Waals surface area (Å²) >= 11 is 2.23. The quantitative estimate of drug-likeness (QED) is 0.548. The van der Waals surface area contributed by atoms with Gasteiger partial charge in [0.1, 0.15) is 5.82 Å². The molecule has 0 atom stereocenters. The first kappa shape index (κ1) is 19.6. The molecule has 7 heteroatoms. The third-order valence-electron chi connectivity index (χ3n) is 4.81. The third kappa shape index (κ3) is 4.84. The molecular formula is C22H22IN5O. The summed E-state index contributed by atoms with van der Waals surface area (Å²) in [5.74, 6) is 1.56. The predicted molar refractivity (Wildman–Crippen MR) is 124 cm³/mol. The van der Waals surface area contributed by atoms with Gasteiger partial charge < -0.3 is 15.1 Å². The lowest BCUT2D eigenvalue weighted by Crippen LogP contribution is -2.49. The van der Waals surface area contributed by atoms with E-state index in [1.165, 1.54) is 0 Å². The highest BCUT2D eigenvalue weighted by Crippen LogP contribution is 2.20. The first-order valence-electron chi connectivity index (χ1n) is 9.56. The molecule has 0 aliphatic carbocycles. The van der Waals surface area contributed by atoms with Gasteiger partial charge in [-0.2, -0.15) is 4.98 Å². The van der Waals surface area contributed by atoms with E-state index in [0.717, 1.165) is 26.3 Å². The summed E-state index contributed by atoms with van der Waals surface area (Å²) in [7, 11) is 0. The van der Waals surface area contributed by atoms with Gasteiger partial charge in [-0.25, -0.2) is 4.98 Å². The summed E-state index contributed by atoms with van der Waals surface area (Å²) in [5.41, 5.74) is 2.64. The van der Waals surface area contributed by atoms with Crippen molar-refractivity contribution in [2.45, 2.75) is 6.92 Å². The Balaban J connectivity index is 1.43. The molecule has 1 aromatic heterocycles. The number of hydrogen-bond donors (Lipinski definition) is 1. The van der Waals surface area contributed by atoms with Crippen molar-refractivity contribution < 1.29 is 4.79 Å². The van der Waals surface area contributed by atoms with Gasteiger partial charge in [-0.1, -0.05) is 24.3 Å². The van der Waals surface area contributed by atoms with Crippen molar-refractivity contribution >= 4 is 46.0 Å². The number of nitrogens with one attached hydrogen (secondary N) is 1. The molecule has 0 spiro atoms. The number of halogens is 1. The largest absolute Gasteiger partial charge is 0.340 e. The van der Waals surface area contributed by atoms with Crippen LogP contribution in [0.3, 0.4) is 0 Å². The van der Waals surface area contributed by atoms with Crippen molar-refractivity contribution in [3.05, 3.63) is 75.5 Å². The molecule has 4 rings (SSSR count). The van der Waals surface area contributed by atoms with Crippen LogP contribution in [0.5, 0.6) is 0 Å². The van der Waals surface area contributed by atoms with Crippen LogP contribution in [-0.2, 0) is 0 Å². The minimum atomic E-state index is 0.0831. The van der Waals surface area contributed by atoms with Crippen molar-refractivity contribution in [3.63, 3.8) is 0 Å². The van der Waals surface area contributed by atoms with Crippen molar-refractivity contribution in [2.75, 3.05) is 36.4 Å². The maximum absolute atomic E-state index is 12.8. The molecule has 6 nitrogen and oxygen atoms in total. The highest BCUT2D eigenvalue weighted by atomic mass is 127. The molecule has 1 aliphatic rings. The molecule has 1 N–H and O–H groups in total. The van der Waals surface area contributed by atoms with Crippen LogP contribution in [-0.4, -0.2) is 47.0 Å². The van der Waals surface area contributed by atoms with Gasteiger partial charge in [-0.05, 0) is 59.8 Å². The topological polar surface area (TPSA) is 61.4 Å². The van der Waals surface area contributed by atoms with E-state index in [4.69, 9.17) is 4.98 Å². The van der Waals surface area contributed by atoms with Gasteiger partial charge >= 0.3 is 0 Å². The Morgan fingerprint density at radius 1 is 0.966 bits per heavy atom. The summed E-state index contributed by atoms with van der Waals surface area (Å²) in [6.45, 7) is 4.71. The molecule has 0 bridgehead atoms. The maximum Gasteiger partial charge on any atom is 0.254 e. The van der Waals surface area contributed by atoms with Crippen LogP contribution < -0.4 is 10.2 Å². The molecular weight excluding hydrogens is 477 g/mol. The second-order valence-electron chi connectivity index (χ2n) is 6.98. The van der Waals surface area contributed by atoms with Gasteiger partial charge in [0.25, 0.3) is 5.91 Å². The number of para-hydroxylation sites is 1. The standard InChI is InChI=1S/C22H22IN5O/c1-16-14-20(25-19-8-3-2-4-9-19)26-22(24-16)28-12-10-27(11-13-28)21(29)17-6-5-7-18(23)15-17/h2-9,14-15H,10-13H2,1H3,(H,24,25,26). The number of aryl methyl sites for hydroxylation is 1. The minimum Gasteiger partial charge on any atom is -0.340 e. The average Bonchev–Trinajstić information content (AvgIpc) is 2.74. The zero-order valence-electron chi connectivity index (χ0n) is 16.2. The Morgan fingerprint density at radius 3 is 2.45 bits per heavy atom. The number of anilines is 3. The van der Waals surface area contributed by atoms with Crippen molar-refractivity contribution in [1.29, 1.82) is 0 Å². The van der Waals surface area contributed by atoms with Gasteiger partial charge in [0.15, 0.2) is 0 Å². The fourth-order valence-electron chi connectivity index (χ4n) is 3.34. The Morgan fingerprint density at radius 2 is 1.72 bits per heavy atom. The van der Waals surface area contributed by atoms with Crippen molar-refractivity contribution in [3.8, 4) is 0 Å². The van der Waals surface area contributed by atoms with E-state index >= 15 is 0 Å². The summed E-state index contributed by atoms with van der Waals surface area (Å²) < 4.78 is 1.07. The molecule has 2 aromatic carbocycles. The van der Waals surface area contributed by atoms with E-state index < -0.39 is 0 Å². The maximum atomic E-state index is 12.8. The molecule has 1 saturated heterocycles. The SMILES string of the molecule is Cc1cc(Nc2ccccc2)nc(N2CCN(C(=O)c3cccc(I)c3)CC2)n1. The highest BCUT2D eigenvalue weighted by molar-refractivity contribution is 14.1. The van der Waals surface area contributed by atoms with Crippen LogP contribution >= 0.6 is 22.6 Å². The number of amides is 1. The van der Waals surface area contributed by atoms with Crippen LogP contribution in [0.15, 0.2) is 60.7 Å². The summed E-state index contributed by atoms with van der Waals surface area (Å²) in [6.07, 6.45) is 0. The van der Waals surface area contributed by atoms with E-state index in [2.05, 4.69) is 37.8 Å². The Hall–Kier alpha value is -2.68. The second kappa shape index (κ2) is 8.77. The molecule has 148 valence electrons. The first-order valence-corrected chi connectivity index (χ1v) is 10.6. The van der Waals surface area contributed by atoms with E-state index in [-0.39, 0.29) is 5.91 Å². The smallest absolute Gasteiger partial charge is 0.254 e. The lowest BCUT2D eigenvalue weighted by Gasteiger charge is -2.35. The number of carbonyl (C=O) groups excluding carboxylic acids is 1. The van der Waals surface area contributed by atoms with Gasteiger partial charge in [0, 0.05) is 52.8 Å². The summed E-state index contributed by atoms with van der Waals surface area (Å²) in [6, 6.07) is 19.6. The summed E-state index contributed by atoms with van der Waals surface area (Å²) in [5, 5.41) is 3.33. The van der Waals surface area contributed by atoms with E-state index in [1.807, 2.05) is 72.5 Å². The Bertz CT molecular complexity index is 1000. The first-order chi connectivity index (χ1) is 14.1. The molecule has 3 aromatic rings. The monoisotopic (exact) mass is 499 g/mol. The highest BCUT2D eigenvalue weighted by Gasteiger charge is 2.24. The molecule has 0 saturated carbocycles. The Kier molecular flexibility index (Phi) is 5.94. The van der Waals surface area contributed by atoms with Crippen LogP contribution in [0, 0.1) is 10.5 Å². The lowest BCUT2D eigenvalue weighted by molar-refractivity contribution is 0.0746. The molecule has 29 heavy (non-hydrogen) atoms. The molecule has 0 unspecified atom stereocenters. The van der Waals surface area contributed by atoms with Crippen LogP contribution in [0.25, 0.3) is 0 Å². The van der Waals surface area contributed by atoms with E-state index in [9.17, 15) is 4.79 Å². The zero-order chi connectivity index (χ0) is 20.2. The normalized spacial score (nSPS) is 14.0. The van der Waals surface area contributed by atoms with Gasteiger partial charge in [-0.3, -0.25) is 4.79 Å². The number of piperazine rings is 1. The van der Waals surface area contributed by atoms with Gasteiger partial charge in [-0.15, -0.1) is 0 Å². The number of carbonyl (C=O) groups is 1. The minimum absolute atomic E-state index is 0.0831. The molecule has 1 fully saturated rings.